The van der Waals surface area contributed by atoms with Crippen LogP contribution in [-0.2, 0) is 0 Å². The van der Waals surface area contributed by atoms with E-state index in [1.807, 2.05) is 7.05 Å². The molecule has 0 spiro atoms. The summed E-state index contributed by atoms with van der Waals surface area (Å²) in [6.07, 6.45) is 11.2. The molecule has 4 rings (SSSR count). The summed E-state index contributed by atoms with van der Waals surface area (Å²) < 4.78 is 0. The Bertz CT molecular complexity index is 1480. The summed E-state index contributed by atoms with van der Waals surface area (Å²) in [5, 5.41) is 7.81. The molecule has 1 aliphatic carbocycles. The SMILES string of the molecule is CC/C(C)=C1\C=CC(Nc2nc(NC)c3cccc(-c4c(C)cc(C(C)/C=C(\C)CC)cc4C)c3n2)=CC1C. The van der Waals surface area contributed by atoms with Crippen LogP contribution < -0.4 is 10.6 Å². The lowest BCUT2D eigenvalue weighted by atomic mass is 9.88. The van der Waals surface area contributed by atoms with E-state index in [9.17, 15) is 0 Å². The molecule has 1 heterocycles. The van der Waals surface area contributed by atoms with Crippen LogP contribution in [0.1, 0.15) is 77.0 Å². The number of para-hydroxylation sites is 1. The maximum absolute atomic E-state index is 5.08. The summed E-state index contributed by atoms with van der Waals surface area (Å²) in [6.45, 7) is 17.8. The molecule has 1 aromatic heterocycles. The Morgan fingerprint density at radius 1 is 1.03 bits per heavy atom. The predicted octanol–water partition coefficient (Wildman–Crippen LogP) is 9.64. The zero-order chi connectivity index (χ0) is 28.3. The van der Waals surface area contributed by atoms with Crippen LogP contribution >= 0.6 is 0 Å². The molecule has 3 aromatic rings. The molecule has 0 fully saturated rings. The van der Waals surface area contributed by atoms with Gasteiger partial charge in [0.1, 0.15) is 5.82 Å². The van der Waals surface area contributed by atoms with E-state index in [2.05, 4.69) is 121 Å². The first-order valence-electron chi connectivity index (χ1n) is 14.3. The Morgan fingerprint density at radius 2 is 1.74 bits per heavy atom. The fourth-order valence-electron chi connectivity index (χ4n) is 5.62. The Kier molecular flexibility index (Phi) is 8.74. The molecule has 2 unspecified atom stereocenters. The first-order chi connectivity index (χ1) is 18.7. The second kappa shape index (κ2) is 12.0. The highest BCUT2D eigenvalue weighted by atomic mass is 15.1. The number of nitrogens with zero attached hydrogens (tertiary/aromatic N) is 2. The van der Waals surface area contributed by atoms with Gasteiger partial charge in [-0.1, -0.05) is 81.3 Å². The normalized spacial score (nSPS) is 17.7. The number of fused-ring (bicyclic) bond motifs is 1. The third-order valence-electron chi connectivity index (χ3n) is 8.05. The van der Waals surface area contributed by atoms with Crippen LogP contribution in [0.4, 0.5) is 11.8 Å². The van der Waals surface area contributed by atoms with E-state index in [1.165, 1.54) is 39.0 Å². The van der Waals surface area contributed by atoms with Gasteiger partial charge >= 0.3 is 0 Å². The van der Waals surface area contributed by atoms with Crippen LogP contribution in [0.3, 0.4) is 0 Å². The molecule has 0 bridgehead atoms. The molecule has 2 atom stereocenters. The smallest absolute Gasteiger partial charge is 0.229 e. The molecule has 0 radical (unpaired) electrons. The minimum absolute atomic E-state index is 0.347. The van der Waals surface area contributed by atoms with Gasteiger partial charge in [-0.05, 0) is 86.4 Å². The van der Waals surface area contributed by atoms with Crippen molar-refractivity contribution in [1.82, 2.24) is 9.97 Å². The van der Waals surface area contributed by atoms with E-state index in [-0.39, 0.29) is 0 Å². The first-order valence-corrected chi connectivity index (χ1v) is 14.3. The quantitative estimate of drug-likeness (QED) is 0.290. The summed E-state index contributed by atoms with van der Waals surface area (Å²) in [6, 6.07) is 11.1. The number of hydrogen-bond donors (Lipinski definition) is 2. The Labute approximate surface area is 235 Å². The Hall–Kier alpha value is -3.66. The molecule has 0 saturated heterocycles. The topological polar surface area (TPSA) is 49.8 Å². The zero-order valence-electron chi connectivity index (χ0n) is 25.2. The maximum Gasteiger partial charge on any atom is 0.229 e. The van der Waals surface area contributed by atoms with Crippen LogP contribution in [0, 0.1) is 19.8 Å². The number of allylic oxidation sites excluding steroid dienone is 7. The van der Waals surface area contributed by atoms with Crippen LogP contribution in [0.15, 0.2) is 77.1 Å². The molecule has 204 valence electrons. The predicted molar refractivity (Wildman–Crippen MR) is 169 cm³/mol. The van der Waals surface area contributed by atoms with Crippen molar-refractivity contribution < 1.29 is 0 Å². The second-order valence-electron chi connectivity index (χ2n) is 11.0. The van der Waals surface area contributed by atoms with Crippen molar-refractivity contribution >= 4 is 22.7 Å². The van der Waals surface area contributed by atoms with Gasteiger partial charge < -0.3 is 10.6 Å². The third-order valence-corrected chi connectivity index (χ3v) is 8.05. The third kappa shape index (κ3) is 6.00. The van der Waals surface area contributed by atoms with E-state index in [4.69, 9.17) is 9.97 Å². The van der Waals surface area contributed by atoms with Gasteiger partial charge in [-0.2, -0.15) is 4.98 Å². The summed E-state index contributed by atoms with van der Waals surface area (Å²) in [5.74, 6) is 2.15. The van der Waals surface area contributed by atoms with E-state index in [0.717, 1.165) is 40.8 Å². The van der Waals surface area contributed by atoms with Crippen molar-refractivity contribution in [3.8, 4) is 11.1 Å². The molecule has 0 saturated carbocycles. The maximum atomic E-state index is 5.08. The average Bonchev–Trinajstić information content (AvgIpc) is 2.91. The Morgan fingerprint density at radius 3 is 2.36 bits per heavy atom. The van der Waals surface area contributed by atoms with E-state index < -0.39 is 0 Å². The van der Waals surface area contributed by atoms with Crippen LogP contribution in [0.2, 0.25) is 0 Å². The monoisotopic (exact) mass is 520 g/mol. The van der Waals surface area contributed by atoms with Crippen molar-refractivity contribution in [2.24, 2.45) is 5.92 Å². The highest BCUT2D eigenvalue weighted by Gasteiger charge is 2.18. The fourth-order valence-corrected chi connectivity index (χ4v) is 5.62. The van der Waals surface area contributed by atoms with Gasteiger partial charge in [0.05, 0.1) is 5.52 Å². The first kappa shape index (κ1) is 28.4. The van der Waals surface area contributed by atoms with Gasteiger partial charge in [0.15, 0.2) is 0 Å². The number of hydrogen-bond acceptors (Lipinski definition) is 4. The fraction of sp³-hybridized carbons (Fsp3) is 0.371. The highest BCUT2D eigenvalue weighted by molar-refractivity contribution is 6.01. The van der Waals surface area contributed by atoms with E-state index in [0.29, 0.717) is 17.8 Å². The Balaban J connectivity index is 1.78. The molecule has 0 amide bonds. The molecule has 0 aliphatic heterocycles. The van der Waals surface area contributed by atoms with Crippen LogP contribution in [0.5, 0.6) is 0 Å². The van der Waals surface area contributed by atoms with Crippen LogP contribution in [0.25, 0.3) is 22.0 Å². The van der Waals surface area contributed by atoms with Crippen molar-refractivity contribution in [3.05, 3.63) is 93.7 Å². The highest BCUT2D eigenvalue weighted by Crippen LogP contribution is 2.37. The van der Waals surface area contributed by atoms with E-state index >= 15 is 0 Å². The van der Waals surface area contributed by atoms with Gasteiger partial charge in [-0.25, -0.2) is 4.98 Å². The number of aryl methyl sites for hydroxylation is 2. The molecule has 39 heavy (non-hydrogen) atoms. The number of benzene rings is 2. The number of rotatable bonds is 8. The zero-order valence-corrected chi connectivity index (χ0v) is 25.2. The molecular weight excluding hydrogens is 476 g/mol. The van der Waals surface area contributed by atoms with Crippen molar-refractivity contribution in [1.29, 1.82) is 0 Å². The molecule has 4 nitrogen and oxygen atoms in total. The average molecular weight is 521 g/mol. The van der Waals surface area contributed by atoms with E-state index in [1.54, 1.807) is 0 Å². The standard InChI is InChI=1S/C35H44N4/c1-10-21(3)17-23(5)27-18-25(7)32(26(8)19-27)30-13-12-14-31-33(30)38-35(39-34(31)36-9)37-28-15-16-29(22(4)11-2)24(6)20-28/h12-20,23-24H,10-11H2,1-9H3,(H2,36,37,38,39)/b21-17+,29-22+. The van der Waals surface area contributed by atoms with Gasteiger partial charge in [0.25, 0.3) is 0 Å². The largest absolute Gasteiger partial charge is 0.372 e. The van der Waals surface area contributed by atoms with Gasteiger partial charge in [-0.3, -0.25) is 0 Å². The molecular formula is C35H44N4. The van der Waals surface area contributed by atoms with Gasteiger partial charge in [0.2, 0.25) is 5.95 Å². The molecule has 1 aliphatic rings. The van der Waals surface area contributed by atoms with Crippen molar-refractivity contribution in [2.45, 2.75) is 74.1 Å². The van der Waals surface area contributed by atoms with Gasteiger partial charge in [0, 0.05) is 29.6 Å². The summed E-state index contributed by atoms with van der Waals surface area (Å²) in [5.41, 5.74) is 12.5. The summed E-state index contributed by atoms with van der Waals surface area (Å²) >= 11 is 0. The molecule has 4 heteroatoms. The van der Waals surface area contributed by atoms with Crippen LogP contribution in [-0.4, -0.2) is 17.0 Å². The lowest BCUT2D eigenvalue weighted by Gasteiger charge is -2.20. The minimum Gasteiger partial charge on any atom is -0.372 e. The summed E-state index contributed by atoms with van der Waals surface area (Å²) in [4.78, 5) is 9.92. The van der Waals surface area contributed by atoms with Gasteiger partial charge in [-0.15, -0.1) is 0 Å². The minimum atomic E-state index is 0.347. The molecule has 2 N–H and O–H groups in total. The number of nitrogens with one attached hydrogen (secondary N) is 2. The lowest BCUT2D eigenvalue weighted by Crippen LogP contribution is -2.10. The number of anilines is 2. The number of aromatic nitrogens is 2. The van der Waals surface area contributed by atoms with Crippen molar-refractivity contribution in [3.63, 3.8) is 0 Å². The summed E-state index contributed by atoms with van der Waals surface area (Å²) in [7, 11) is 1.92. The lowest BCUT2D eigenvalue weighted by molar-refractivity contribution is 0.841. The second-order valence-corrected chi connectivity index (χ2v) is 11.0. The van der Waals surface area contributed by atoms with Crippen molar-refractivity contribution in [2.75, 3.05) is 17.7 Å². The molecule has 2 aromatic carbocycles.